The molecule has 3 rings (SSSR count). The number of aromatic nitrogens is 2. The van der Waals surface area contributed by atoms with Crippen LogP contribution in [0, 0.1) is 10.8 Å². The van der Waals surface area contributed by atoms with Crippen molar-refractivity contribution in [1.29, 1.82) is 10.8 Å². The van der Waals surface area contributed by atoms with Crippen molar-refractivity contribution >= 4 is 29.7 Å². The summed E-state index contributed by atoms with van der Waals surface area (Å²) in [5.41, 5.74) is 2.98. The van der Waals surface area contributed by atoms with E-state index in [0.29, 0.717) is 17.8 Å². The van der Waals surface area contributed by atoms with Crippen LogP contribution in [-0.2, 0) is 4.79 Å². The van der Waals surface area contributed by atoms with Gasteiger partial charge in [0.1, 0.15) is 11.5 Å². The highest BCUT2D eigenvalue weighted by Gasteiger charge is 2.13. The van der Waals surface area contributed by atoms with Gasteiger partial charge in [0.05, 0.1) is 6.34 Å². The van der Waals surface area contributed by atoms with Crippen LogP contribution in [0.1, 0.15) is 23.0 Å². The molecule has 9 heteroatoms. The minimum atomic E-state index is -0.381. The zero-order valence-corrected chi connectivity index (χ0v) is 17.5. The summed E-state index contributed by atoms with van der Waals surface area (Å²) >= 11 is 0. The van der Waals surface area contributed by atoms with E-state index in [1.54, 1.807) is 48.9 Å². The molecular formula is C23H23N7O2. The van der Waals surface area contributed by atoms with Gasteiger partial charge in [-0.15, -0.1) is 0 Å². The van der Waals surface area contributed by atoms with Crippen molar-refractivity contribution in [3.8, 4) is 11.1 Å². The Morgan fingerprint density at radius 1 is 1.09 bits per heavy atom. The molecule has 162 valence electrons. The Bertz CT molecular complexity index is 1130. The second-order valence-corrected chi connectivity index (χ2v) is 6.86. The summed E-state index contributed by atoms with van der Waals surface area (Å²) in [6.45, 7) is 2.00. The first-order valence-electron chi connectivity index (χ1n) is 9.86. The molecule has 0 spiro atoms. The number of anilines is 1. The largest absolute Gasteiger partial charge is 0.355 e. The van der Waals surface area contributed by atoms with Crippen LogP contribution in [0.5, 0.6) is 0 Å². The van der Waals surface area contributed by atoms with Gasteiger partial charge in [-0.3, -0.25) is 30.4 Å². The van der Waals surface area contributed by atoms with Crippen molar-refractivity contribution in [3.63, 3.8) is 0 Å². The van der Waals surface area contributed by atoms with Gasteiger partial charge in [0, 0.05) is 55.4 Å². The van der Waals surface area contributed by atoms with Gasteiger partial charge in [0.25, 0.3) is 5.91 Å². The average molecular weight is 429 g/mol. The van der Waals surface area contributed by atoms with Crippen LogP contribution < -0.4 is 10.6 Å². The van der Waals surface area contributed by atoms with E-state index in [2.05, 4.69) is 20.6 Å². The van der Waals surface area contributed by atoms with E-state index in [4.69, 9.17) is 10.8 Å². The Morgan fingerprint density at radius 2 is 1.94 bits per heavy atom. The molecule has 32 heavy (non-hydrogen) atoms. The summed E-state index contributed by atoms with van der Waals surface area (Å²) in [6, 6.07) is 14.0. The zero-order valence-electron chi connectivity index (χ0n) is 17.5. The van der Waals surface area contributed by atoms with Crippen LogP contribution in [0.15, 0.2) is 67.1 Å². The zero-order chi connectivity index (χ0) is 22.9. The number of rotatable bonds is 8. The highest BCUT2D eigenvalue weighted by atomic mass is 16.2. The van der Waals surface area contributed by atoms with E-state index in [1.807, 2.05) is 18.2 Å². The molecule has 0 atom stereocenters. The maximum Gasteiger partial charge on any atom is 0.274 e. The summed E-state index contributed by atoms with van der Waals surface area (Å²) in [4.78, 5) is 33.4. The normalized spacial score (nSPS) is 10.2. The number of nitrogens with one attached hydrogen (secondary N) is 4. The second-order valence-electron chi connectivity index (χ2n) is 6.86. The molecule has 0 fully saturated rings. The Hall–Kier alpha value is -4.40. The van der Waals surface area contributed by atoms with Crippen molar-refractivity contribution in [2.24, 2.45) is 0 Å². The van der Waals surface area contributed by atoms with Crippen molar-refractivity contribution in [2.45, 2.75) is 6.92 Å². The minimum absolute atomic E-state index is 0.0816. The van der Waals surface area contributed by atoms with Crippen molar-refractivity contribution in [2.75, 3.05) is 18.4 Å². The van der Waals surface area contributed by atoms with E-state index in [9.17, 15) is 9.59 Å². The number of nitrogens with zero attached hydrogens (tertiary/aromatic N) is 3. The van der Waals surface area contributed by atoms with Gasteiger partial charge >= 0.3 is 0 Å². The molecule has 0 saturated carbocycles. The van der Waals surface area contributed by atoms with Gasteiger partial charge in [0.2, 0.25) is 5.91 Å². The van der Waals surface area contributed by atoms with Crippen LogP contribution in [-0.4, -0.2) is 51.9 Å². The highest BCUT2D eigenvalue weighted by Crippen LogP contribution is 2.19. The molecule has 0 aliphatic rings. The molecule has 1 aromatic carbocycles. The van der Waals surface area contributed by atoms with Gasteiger partial charge in [-0.05, 0) is 35.9 Å². The fourth-order valence-electron chi connectivity index (χ4n) is 2.97. The van der Waals surface area contributed by atoms with Gasteiger partial charge in [-0.1, -0.05) is 18.2 Å². The maximum atomic E-state index is 12.7. The van der Waals surface area contributed by atoms with Gasteiger partial charge < -0.3 is 15.5 Å². The molecule has 9 nitrogen and oxygen atoms in total. The lowest BCUT2D eigenvalue weighted by Gasteiger charge is -2.20. The Kier molecular flexibility index (Phi) is 7.37. The molecule has 2 amide bonds. The standard InChI is InChI=1S/C23H23N7O2/c1-16(31)27-10-11-30(15-24)22(25)18-4-2-6-20(12-18)29-23(32)21-13-17(7-9-28-21)19-5-3-8-26-14-19/h2-9,12-15,24-25H,10-11H2,1H3,(H,27,31)(H,29,32). The first kappa shape index (κ1) is 22.3. The highest BCUT2D eigenvalue weighted by molar-refractivity contribution is 6.06. The predicted octanol–water partition coefficient (Wildman–Crippen LogP) is 2.77. The summed E-state index contributed by atoms with van der Waals surface area (Å²) in [5.74, 6) is -0.473. The van der Waals surface area contributed by atoms with Gasteiger partial charge in [-0.25, -0.2) is 0 Å². The topological polar surface area (TPSA) is 135 Å². The molecule has 0 aliphatic heterocycles. The Balaban J connectivity index is 1.72. The van der Waals surface area contributed by atoms with Crippen molar-refractivity contribution in [3.05, 3.63) is 78.4 Å². The van der Waals surface area contributed by atoms with Gasteiger partial charge in [-0.2, -0.15) is 0 Å². The van der Waals surface area contributed by atoms with Gasteiger partial charge in [0.15, 0.2) is 0 Å². The number of carbonyl (C=O) groups excluding carboxylic acids is 2. The third kappa shape index (κ3) is 5.82. The quantitative estimate of drug-likeness (QED) is 0.323. The van der Waals surface area contributed by atoms with E-state index in [1.165, 1.54) is 11.8 Å². The molecule has 0 unspecified atom stereocenters. The molecule has 4 N–H and O–H groups in total. The third-order valence-electron chi connectivity index (χ3n) is 4.55. The molecule has 0 saturated heterocycles. The average Bonchev–Trinajstić information content (AvgIpc) is 2.82. The summed E-state index contributed by atoms with van der Waals surface area (Å²) in [5, 5.41) is 21.4. The fraction of sp³-hybridized carbons (Fsp3) is 0.130. The van der Waals surface area contributed by atoms with Crippen LogP contribution in [0.4, 0.5) is 5.69 Å². The van der Waals surface area contributed by atoms with E-state index < -0.39 is 0 Å². The van der Waals surface area contributed by atoms with Crippen LogP contribution >= 0.6 is 0 Å². The molecule has 2 heterocycles. The molecule has 2 aromatic heterocycles. The van der Waals surface area contributed by atoms with E-state index in [0.717, 1.165) is 17.5 Å². The third-order valence-corrected chi connectivity index (χ3v) is 4.55. The molecule has 0 radical (unpaired) electrons. The van der Waals surface area contributed by atoms with Crippen LogP contribution in [0.25, 0.3) is 11.1 Å². The summed E-state index contributed by atoms with van der Waals surface area (Å²) in [6.07, 6.45) is 6.00. The van der Waals surface area contributed by atoms with E-state index in [-0.39, 0.29) is 29.9 Å². The Labute approximate surface area is 185 Å². The number of carbonyl (C=O) groups is 2. The lowest BCUT2D eigenvalue weighted by atomic mass is 10.1. The molecule has 3 aromatic rings. The number of benzene rings is 1. The van der Waals surface area contributed by atoms with Crippen LogP contribution in [0.2, 0.25) is 0 Å². The first-order valence-corrected chi connectivity index (χ1v) is 9.86. The van der Waals surface area contributed by atoms with E-state index >= 15 is 0 Å². The number of amidine groups is 1. The lowest BCUT2D eigenvalue weighted by molar-refractivity contribution is -0.118. The summed E-state index contributed by atoms with van der Waals surface area (Å²) in [7, 11) is 0. The monoisotopic (exact) mass is 429 g/mol. The smallest absolute Gasteiger partial charge is 0.274 e. The molecule has 0 bridgehead atoms. The number of hydrogen-bond acceptors (Lipinski definition) is 6. The Morgan fingerprint density at radius 3 is 2.66 bits per heavy atom. The SMILES string of the molecule is CC(=O)NCCN(C=N)C(=N)c1cccc(NC(=O)c2cc(-c3cccnc3)ccn2)c1. The molecular weight excluding hydrogens is 406 g/mol. The predicted molar refractivity (Wildman–Crippen MR) is 123 cm³/mol. The number of pyridine rings is 2. The first-order chi connectivity index (χ1) is 15.5. The van der Waals surface area contributed by atoms with Crippen molar-refractivity contribution < 1.29 is 9.59 Å². The second kappa shape index (κ2) is 10.6. The number of hydrogen-bond donors (Lipinski definition) is 4. The fourth-order valence-corrected chi connectivity index (χ4v) is 2.97. The van der Waals surface area contributed by atoms with Crippen LogP contribution in [0.3, 0.4) is 0 Å². The molecule has 0 aliphatic carbocycles. The summed E-state index contributed by atoms with van der Waals surface area (Å²) < 4.78 is 0. The minimum Gasteiger partial charge on any atom is -0.355 e. The maximum absolute atomic E-state index is 12.7. The van der Waals surface area contributed by atoms with Crippen molar-refractivity contribution in [1.82, 2.24) is 20.2 Å². The number of amides is 2. The lowest BCUT2D eigenvalue weighted by Crippen LogP contribution is -2.37.